The van der Waals surface area contributed by atoms with Crippen molar-refractivity contribution in [3.8, 4) is 5.88 Å². The second kappa shape index (κ2) is 5.09. The average molecular weight is 209 g/mol. The van der Waals surface area contributed by atoms with E-state index < -0.39 is 5.97 Å². The van der Waals surface area contributed by atoms with Gasteiger partial charge in [0.25, 0.3) is 0 Å². The second-order valence-electron chi connectivity index (χ2n) is 2.81. The molecular formula is C10H11NO4. The molecule has 0 aliphatic carbocycles. The molecule has 0 fully saturated rings. The molecule has 5 heteroatoms. The van der Waals surface area contributed by atoms with Crippen LogP contribution in [0, 0.1) is 0 Å². The van der Waals surface area contributed by atoms with Crippen LogP contribution < -0.4 is 0 Å². The van der Waals surface area contributed by atoms with Crippen molar-refractivity contribution in [2.24, 2.45) is 0 Å². The van der Waals surface area contributed by atoms with Gasteiger partial charge in [0.2, 0.25) is 5.88 Å². The number of nitrogens with zero attached hydrogens (tertiary/aromatic N) is 1. The van der Waals surface area contributed by atoms with E-state index in [0.29, 0.717) is 0 Å². The highest BCUT2D eigenvalue weighted by atomic mass is 16.5. The molecule has 1 aromatic rings. The molecular weight excluding hydrogens is 198 g/mol. The van der Waals surface area contributed by atoms with E-state index in [1.165, 1.54) is 18.3 Å². The number of pyridine rings is 1. The first kappa shape index (κ1) is 11.2. The van der Waals surface area contributed by atoms with Crippen molar-refractivity contribution in [2.75, 3.05) is 6.61 Å². The molecule has 0 saturated carbocycles. The van der Waals surface area contributed by atoms with E-state index >= 15 is 0 Å². The first-order chi connectivity index (χ1) is 7.13. The van der Waals surface area contributed by atoms with Crippen LogP contribution in [0.15, 0.2) is 18.3 Å². The first-order valence-corrected chi connectivity index (χ1v) is 4.47. The Balaban J connectivity index is 2.61. The van der Waals surface area contributed by atoms with Gasteiger partial charge in [0.1, 0.15) is 6.42 Å². The summed E-state index contributed by atoms with van der Waals surface area (Å²) in [6.45, 7) is 1.92. The number of Topliss-reactive ketones (excluding diaryl/α,β-unsaturated/α-hetero) is 1. The van der Waals surface area contributed by atoms with Crippen LogP contribution in [0.2, 0.25) is 0 Å². The summed E-state index contributed by atoms with van der Waals surface area (Å²) in [6, 6.07) is 2.70. The number of ketones is 1. The molecule has 1 rings (SSSR count). The zero-order chi connectivity index (χ0) is 11.3. The molecule has 0 aliphatic heterocycles. The summed E-state index contributed by atoms with van der Waals surface area (Å²) in [5.41, 5.74) is 0.279. The number of aromatic hydroxyl groups is 1. The first-order valence-electron chi connectivity index (χ1n) is 4.47. The smallest absolute Gasteiger partial charge is 0.313 e. The number of aromatic nitrogens is 1. The standard InChI is InChI=1S/C10H11NO4/c1-2-15-10(14)5-8(12)7-3-4-9(13)11-6-7/h3-4,6H,2,5H2,1H3,(H,11,13). The van der Waals surface area contributed by atoms with Crippen molar-refractivity contribution < 1.29 is 19.4 Å². The Morgan fingerprint density at radius 1 is 1.47 bits per heavy atom. The number of carbonyl (C=O) groups excluding carboxylic acids is 2. The summed E-state index contributed by atoms with van der Waals surface area (Å²) in [5.74, 6) is -1.10. The fourth-order valence-electron chi connectivity index (χ4n) is 0.996. The molecule has 0 saturated heterocycles. The van der Waals surface area contributed by atoms with Crippen LogP contribution in [-0.4, -0.2) is 28.4 Å². The van der Waals surface area contributed by atoms with E-state index in [-0.39, 0.29) is 30.3 Å². The van der Waals surface area contributed by atoms with E-state index in [4.69, 9.17) is 5.11 Å². The normalized spacial score (nSPS) is 9.67. The molecule has 0 aromatic carbocycles. The largest absolute Gasteiger partial charge is 0.493 e. The minimum atomic E-state index is -0.560. The summed E-state index contributed by atoms with van der Waals surface area (Å²) in [5, 5.41) is 8.89. The SMILES string of the molecule is CCOC(=O)CC(=O)c1ccc(O)nc1. The highest BCUT2D eigenvalue weighted by Gasteiger charge is 2.12. The Bertz CT molecular complexity index is 358. The molecule has 0 spiro atoms. The van der Waals surface area contributed by atoms with Gasteiger partial charge >= 0.3 is 5.97 Å². The van der Waals surface area contributed by atoms with Gasteiger partial charge in [-0.25, -0.2) is 4.98 Å². The molecule has 0 unspecified atom stereocenters. The number of hydrogen-bond acceptors (Lipinski definition) is 5. The topological polar surface area (TPSA) is 76.5 Å². The van der Waals surface area contributed by atoms with E-state index in [9.17, 15) is 9.59 Å². The van der Waals surface area contributed by atoms with Gasteiger partial charge in [0.15, 0.2) is 5.78 Å². The lowest BCUT2D eigenvalue weighted by atomic mass is 10.1. The van der Waals surface area contributed by atoms with Crippen LogP contribution in [0.4, 0.5) is 0 Å². The Hall–Kier alpha value is -1.91. The minimum absolute atomic E-state index is 0.164. The Labute approximate surface area is 86.7 Å². The number of hydrogen-bond donors (Lipinski definition) is 1. The molecule has 1 heterocycles. The molecule has 1 aromatic heterocycles. The molecule has 0 aliphatic rings. The van der Waals surface area contributed by atoms with Gasteiger partial charge in [-0.1, -0.05) is 0 Å². The van der Waals surface area contributed by atoms with E-state index in [2.05, 4.69) is 9.72 Å². The minimum Gasteiger partial charge on any atom is -0.493 e. The van der Waals surface area contributed by atoms with Crippen molar-refractivity contribution in [3.05, 3.63) is 23.9 Å². The monoisotopic (exact) mass is 209 g/mol. The lowest BCUT2D eigenvalue weighted by Crippen LogP contribution is -2.11. The number of ether oxygens (including phenoxy) is 1. The predicted octanol–water partition coefficient (Wildman–Crippen LogP) is 0.923. The van der Waals surface area contributed by atoms with Crippen LogP contribution in [0.5, 0.6) is 5.88 Å². The quantitative estimate of drug-likeness (QED) is 0.453. The lowest BCUT2D eigenvalue weighted by molar-refractivity contribution is -0.141. The molecule has 0 amide bonds. The van der Waals surface area contributed by atoms with Crippen molar-refractivity contribution in [3.63, 3.8) is 0 Å². The Morgan fingerprint density at radius 3 is 2.73 bits per heavy atom. The summed E-state index contributed by atoms with van der Waals surface area (Å²) in [6.07, 6.45) is 0.914. The second-order valence-corrected chi connectivity index (χ2v) is 2.81. The van der Waals surface area contributed by atoms with Gasteiger partial charge in [0.05, 0.1) is 6.61 Å². The highest BCUT2D eigenvalue weighted by Crippen LogP contribution is 2.07. The van der Waals surface area contributed by atoms with Gasteiger partial charge in [-0.15, -0.1) is 0 Å². The molecule has 0 radical (unpaired) electrons. The number of carbonyl (C=O) groups is 2. The highest BCUT2D eigenvalue weighted by molar-refractivity contribution is 6.05. The van der Waals surface area contributed by atoms with Crippen molar-refractivity contribution in [2.45, 2.75) is 13.3 Å². The molecule has 80 valence electrons. The van der Waals surface area contributed by atoms with Crippen LogP contribution in [-0.2, 0) is 9.53 Å². The maximum Gasteiger partial charge on any atom is 0.313 e. The fraction of sp³-hybridized carbons (Fsp3) is 0.300. The van der Waals surface area contributed by atoms with E-state index in [0.717, 1.165) is 0 Å². The zero-order valence-corrected chi connectivity index (χ0v) is 8.27. The maximum atomic E-state index is 11.4. The molecule has 0 atom stereocenters. The summed E-state index contributed by atoms with van der Waals surface area (Å²) in [4.78, 5) is 25.9. The maximum absolute atomic E-state index is 11.4. The molecule has 15 heavy (non-hydrogen) atoms. The van der Waals surface area contributed by atoms with Gasteiger partial charge in [-0.05, 0) is 13.0 Å². The van der Waals surface area contributed by atoms with Crippen molar-refractivity contribution >= 4 is 11.8 Å². The third kappa shape index (κ3) is 3.38. The lowest BCUT2D eigenvalue weighted by Gasteiger charge is -2.01. The predicted molar refractivity (Wildman–Crippen MR) is 51.5 cm³/mol. The van der Waals surface area contributed by atoms with Crippen LogP contribution >= 0.6 is 0 Å². The van der Waals surface area contributed by atoms with Gasteiger partial charge in [0, 0.05) is 17.8 Å². The van der Waals surface area contributed by atoms with Gasteiger partial charge in [-0.3, -0.25) is 9.59 Å². The third-order valence-corrected chi connectivity index (χ3v) is 1.68. The van der Waals surface area contributed by atoms with Gasteiger partial charge in [-0.2, -0.15) is 0 Å². The Kier molecular flexibility index (Phi) is 3.79. The zero-order valence-electron chi connectivity index (χ0n) is 8.27. The molecule has 1 N–H and O–H groups in total. The van der Waals surface area contributed by atoms with Crippen molar-refractivity contribution in [1.29, 1.82) is 0 Å². The number of esters is 1. The van der Waals surface area contributed by atoms with Crippen LogP contribution in [0.25, 0.3) is 0 Å². The van der Waals surface area contributed by atoms with E-state index in [1.54, 1.807) is 6.92 Å². The summed E-state index contributed by atoms with van der Waals surface area (Å²) >= 11 is 0. The van der Waals surface area contributed by atoms with Crippen LogP contribution in [0.3, 0.4) is 0 Å². The van der Waals surface area contributed by atoms with Gasteiger partial charge < -0.3 is 9.84 Å². The van der Waals surface area contributed by atoms with Crippen LogP contribution in [0.1, 0.15) is 23.7 Å². The Morgan fingerprint density at radius 2 is 2.20 bits per heavy atom. The molecule has 0 bridgehead atoms. The third-order valence-electron chi connectivity index (χ3n) is 1.68. The number of rotatable bonds is 4. The van der Waals surface area contributed by atoms with Crippen molar-refractivity contribution in [1.82, 2.24) is 4.98 Å². The molecule has 5 nitrogen and oxygen atoms in total. The summed E-state index contributed by atoms with van der Waals surface area (Å²) < 4.78 is 4.63. The summed E-state index contributed by atoms with van der Waals surface area (Å²) in [7, 11) is 0. The van der Waals surface area contributed by atoms with E-state index in [1.807, 2.05) is 0 Å². The average Bonchev–Trinajstić information content (AvgIpc) is 2.18. The fourth-order valence-corrected chi connectivity index (χ4v) is 0.996.